The highest BCUT2D eigenvalue weighted by Crippen LogP contribution is 2.20. The SMILES string of the molecule is O=C(CN1CCN(CCCc2c[nH]c3ccc(F)cc23)CC1)Nc1ccccc1.O=C(O)/C=C/C(=O)O. The van der Waals surface area contributed by atoms with Crippen molar-refractivity contribution >= 4 is 34.4 Å². The smallest absolute Gasteiger partial charge is 0.328 e. The maximum Gasteiger partial charge on any atom is 0.328 e. The van der Waals surface area contributed by atoms with Crippen LogP contribution in [0.15, 0.2) is 66.9 Å². The van der Waals surface area contributed by atoms with E-state index in [1.165, 1.54) is 11.6 Å². The normalized spacial score (nSPS) is 14.3. The lowest BCUT2D eigenvalue weighted by molar-refractivity contribution is -0.134. The molecule has 1 aromatic heterocycles. The van der Waals surface area contributed by atoms with Crippen LogP contribution >= 0.6 is 0 Å². The molecule has 1 fully saturated rings. The van der Waals surface area contributed by atoms with E-state index in [0.717, 1.165) is 62.2 Å². The lowest BCUT2D eigenvalue weighted by Gasteiger charge is -2.34. The zero-order chi connectivity index (χ0) is 26.6. The number of amides is 1. The number of halogens is 1. The molecule has 9 nitrogen and oxygen atoms in total. The summed E-state index contributed by atoms with van der Waals surface area (Å²) >= 11 is 0. The zero-order valence-electron chi connectivity index (χ0n) is 20.4. The van der Waals surface area contributed by atoms with Crippen LogP contribution in [0.5, 0.6) is 0 Å². The first kappa shape index (κ1) is 27.6. The predicted molar refractivity (Wildman–Crippen MR) is 139 cm³/mol. The van der Waals surface area contributed by atoms with Crippen LogP contribution in [0.1, 0.15) is 12.0 Å². The third-order valence-corrected chi connectivity index (χ3v) is 5.91. The molecule has 0 spiro atoms. The van der Waals surface area contributed by atoms with E-state index in [1.807, 2.05) is 36.5 Å². The van der Waals surface area contributed by atoms with Crippen LogP contribution in [-0.2, 0) is 20.8 Å². The summed E-state index contributed by atoms with van der Waals surface area (Å²) in [7, 11) is 0. The summed E-state index contributed by atoms with van der Waals surface area (Å²) in [6, 6.07) is 14.5. The maximum absolute atomic E-state index is 13.5. The average molecular weight is 511 g/mol. The summed E-state index contributed by atoms with van der Waals surface area (Å²) in [5.74, 6) is -2.67. The van der Waals surface area contributed by atoms with Crippen molar-refractivity contribution in [2.75, 3.05) is 44.6 Å². The summed E-state index contributed by atoms with van der Waals surface area (Å²) in [6.07, 6.45) is 5.08. The van der Waals surface area contributed by atoms with Crippen molar-refractivity contribution < 1.29 is 29.0 Å². The fourth-order valence-corrected chi connectivity index (χ4v) is 4.09. The molecule has 4 rings (SSSR count). The van der Waals surface area contributed by atoms with Crippen molar-refractivity contribution in [2.24, 2.45) is 0 Å². The number of nitrogens with one attached hydrogen (secondary N) is 2. The lowest BCUT2D eigenvalue weighted by Crippen LogP contribution is -2.48. The number of rotatable bonds is 9. The second kappa shape index (κ2) is 13.9. The van der Waals surface area contributed by atoms with Gasteiger partial charge in [0, 0.05) is 61.1 Å². The number of carboxylic acids is 2. The highest BCUT2D eigenvalue weighted by atomic mass is 19.1. The number of nitrogens with zero attached hydrogens (tertiary/aromatic N) is 2. The molecule has 4 N–H and O–H groups in total. The van der Waals surface area contributed by atoms with Gasteiger partial charge in [0.05, 0.1) is 6.54 Å². The van der Waals surface area contributed by atoms with Crippen molar-refractivity contribution in [1.29, 1.82) is 0 Å². The molecule has 196 valence electrons. The van der Waals surface area contributed by atoms with Gasteiger partial charge in [-0.2, -0.15) is 0 Å². The number of aryl methyl sites for hydroxylation is 1. The highest BCUT2D eigenvalue weighted by molar-refractivity contribution is 5.92. The van der Waals surface area contributed by atoms with E-state index >= 15 is 0 Å². The van der Waals surface area contributed by atoms with E-state index in [9.17, 15) is 18.8 Å². The van der Waals surface area contributed by atoms with Gasteiger partial charge in [0.25, 0.3) is 0 Å². The van der Waals surface area contributed by atoms with Gasteiger partial charge < -0.3 is 25.4 Å². The molecule has 0 unspecified atom stereocenters. The van der Waals surface area contributed by atoms with Crippen LogP contribution in [0.2, 0.25) is 0 Å². The van der Waals surface area contributed by atoms with Crippen molar-refractivity contribution in [3.05, 3.63) is 78.3 Å². The molecule has 2 heterocycles. The first-order valence-corrected chi connectivity index (χ1v) is 12.0. The molecule has 0 radical (unpaired) electrons. The van der Waals surface area contributed by atoms with Crippen LogP contribution in [0.3, 0.4) is 0 Å². The highest BCUT2D eigenvalue weighted by Gasteiger charge is 2.19. The van der Waals surface area contributed by atoms with Crippen LogP contribution in [-0.4, -0.2) is 82.1 Å². The number of benzene rings is 2. The van der Waals surface area contributed by atoms with Gasteiger partial charge in [-0.05, 0) is 55.3 Å². The second-order valence-corrected chi connectivity index (χ2v) is 8.65. The van der Waals surface area contributed by atoms with E-state index in [-0.39, 0.29) is 11.7 Å². The first-order valence-electron chi connectivity index (χ1n) is 12.0. The Kier molecular flexibility index (Phi) is 10.4. The van der Waals surface area contributed by atoms with Crippen molar-refractivity contribution in [3.63, 3.8) is 0 Å². The van der Waals surface area contributed by atoms with Gasteiger partial charge in [-0.3, -0.25) is 9.69 Å². The molecule has 1 amide bonds. The number of para-hydroxylation sites is 1. The topological polar surface area (TPSA) is 126 Å². The minimum absolute atomic E-state index is 0.0382. The Hall–Kier alpha value is -4.02. The standard InChI is InChI=1S/C23H27FN4O.C4H4O4/c24-19-8-9-22-21(15-19)18(16-25-22)5-4-10-27-11-13-28(14-12-27)17-23(29)26-20-6-2-1-3-7-20;5-3(6)1-2-4(7)8/h1-3,6-9,15-16,25H,4-5,10-14,17H2,(H,26,29);1-2H,(H,5,6)(H,7,8)/b;2-1+. The van der Waals surface area contributed by atoms with Gasteiger partial charge >= 0.3 is 11.9 Å². The van der Waals surface area contributed by atoms with E-state index in [0.29, 0.717) is 18.7 Å². The van der Waals surface area contributed by atoms with Gasteiger partial charge in [0.15, 0.2) is 0 Å². The number of aliphatic carboxylic acids is 2. The summed E-state index contributed by atoms with van der Waals surface area (Å²) in [5.41, 5.74) is 3.01. The molecule has 1 saturated heterocycles. The molecule has 0 bridgehead atoms. The predicted octanol–water partition coefficient (Wildman–Crippen LogP) is 3.21. The fourth-order valence-electron chi connectivity index (χ4n) is 4.09. The zero-order valence-corrected chi connectivity index (χ0v) is 20.4. The number of hydrogen-bond donors (Lipinski definition) is 4. The van der Waals surface area contributed by atoms with Crippen molar-refractivity contribution in [3.8, 4) is 0 Å². The van der Waals surface area contributed by atoms with E-state index in [1.54, 1.807) is 12.1 Å². The molecule has 2 aromatic carbocycles. The molecular weight excluding hydrogens is 479 g/mol. The number of carbonyl (C=O) groups excluding carboxylic acids is 1. The molecule has 0 saturated carbocycles. The summed E-state index contributed by atoms with van der Waals surface area (Å²) in [5, 5.41) is 19.6. The van der Waals surface area contributed by atoms with Crippen LogP contribution in [0, 0.1) is 5.82 Å². The van der Waals surface area contributed by atoms with Gasteiger partial charge in [0.1, 0.15) is 5.82 Å². The number of piperazine rings is 1. The van der Waals surface area contributed by atoms with Gasteiger partial charge in [0.2, 0.25) is 5.91 Å². The maximum atomic E-state index is 13.5. The molecule has 1 aliphatic rings. The number of hydrogen-bond acceptors (Lipinski definition) is 5. The summed E-state index contributed by atoms with van der Waals surface area (Å²) < 4.78 is 13.5. The largest absolute Gasteiger partial charge is 0.478 e. The third kappa shape index (κ3) is 9.51. The van der Waals surface area contributed by atoms with Crippen LogP contribution in [0.4, 0.5) is 10.1 Å². The third-order valence-electron chi connectivity index (χ3n) is 5.91. The monoisotopic (exact) mass is 510 g/mol. The number of carbonyl (C=O) groups is 3. The fraction of sp³-hybridized carbons (Fsp3) is 0.296. The molecule has 37 heavy (non-hydrogen) atoms. The molecule has 3 aromatic rings. The number of fused-ring (bicyclic) bond motifs is 1. The minimum atomic E-state index is -1.26. The Morgan fingerprint density at radius 2 is 1.59 bits per heavy atom. The van der Waals surface area contributed by atoms with Crippen LogP contribution in [0.25, 0.3) is 10.9 Å². The Bertz CT molecular complexity index is 1200. The van der Waals surface area contributed by atoms with E-state index < -0.39 is 11.9 Å². The lowest BCUT2D eigenvalue weighted by atomic mass is 10.1. The second-order valence-electron chi connectivity index (χ2n) is 8.65. The Morgan fingerprint density at radius 1 is 0.946 bits per heavy atom. The van der Waals surface area contributed by atoms with E-state index in [4.69, 9.17) is 10.2 Å². The summed E-state index contributed by atoms with van der Waals surface area (Å²) in [6.45, 7) is 5.21. The van der Waals surface area contributed by atoms with Crippen LogP contribution < -0.4 is 5.32 Å². The van der Waals surface area contributed by atoms with Gasteiger partial charge in [-0.25, -0.2) is 14.0 Å². The molecule has 0 aliphatic carbocycles. The first-order chi connectivity index (χ1) is 17.8. The van der Waals surface area contributed by atoms with E-state index in [2.05, 4.69) is 20.1 Å². The Morgan fingerprint density at radius 3 is 2.24 bits per heavy atom. The number of H-pyrrole nitrogens is 1. The molecule has 10 heteroatoms. The average Bonchev–Trinajstić information content (AvgIpc) is 3.27. The number of anilines is 1. The minimum Gasteiger partial charge on any atom is -0.478 e. The Balaban J connectivity index is 0.000000414. The van der Waals surface area contributed by atoms with Crippen molar-refractivity contribution in [2.45, 2.75) is 12.8 Å². The summed E-state index contributed by atoms with van der Waals surface area (Å²) in [4.78, 5) is 39.2. The number of carboxylic acid groups (broad SMARTS) is 2. The van der Waals surface area contributed by atoms with Crippen molar-refractivity contribution in [1.82, 2.24) is 14.8 Å². The van der Waals surface area contributed by atoms with Gasteiger partial charge in [-0.1, -0.05) is 18.2 Å². The molecular formula is C27H31FN4O5. The molecule has 0 atom stereocenters. The molecule has 1 aliphatic heterocycles. The van der Waals surface area contributed by atoms with Gasteiger partial charge in [-0.15, -0.1) is 0 Å². The number of aromatic amines is 1. The quantitative estimate of drug-likeness (QED) is 0.326. The number of aromatic nitrogens is 1. The Labute approximate surface area is 214 Å².